The maximum absolute atomic E-state index is 12.6. The zero-order chi connectivity index (χ0) is 22.4. The lowest BCUT2D eigenvalue weighted by atomic mass is 10.0. The van der Waals surface area contributed by atoms with Crippen molar-refractivity contribution in [2.45, 2.75) is 26.0 Å². The number of hydrazine groups is 1. The van der Waals surface area contributed by atoms with Crippen LogP contribution in [0.4, 0.5) is 5.69 Å². The van der Waals surface area contributed by atoms with Crippen LogP contribution in [-0.2, 0) is 11.3 Å². The maximum atomic E-state index is 12.6. The molecule has 0 atom stereocenters. The van der Waals surface area contributed by atoms with Crippen molar-refractivity contribution in [1.82, 2.24) is 10.9 Å². The normalized spacial score (nSPS) is 11.1. The van der Waals surface area contributed by atoms with Crippen molar-refractivity contribution in [3.8, 4) is 5.75 Å². The lowest BCUT2D eigenvalue weighted by Crippen LogP contribution is -2.51. The van der Waals surface area contributed by atoms with Gasteiger partial charge in [-0.05, 0) is 80.1 Å². The molecule has 3 aromatic rings. The van der Waals surface area contributed by atoms with Crippen LogP contribution in [0.3, 0.4) is 0 Å². The molecular formula is C24H24ClN3O3. The van der Waals surface area contributed by atoms with Crippen LogP contribution < -0.4 is 21.3 Å². The minimum Gasteiger partial charge on any atom is -0.478 e. The number of amides is 1. The van der Waals surface area contributed by atoms with Gasteiger partial charge in [-0.2, -0.15) is 0 Å². The first-order valence-corrected chi connectivity index (χ1v) is 10.1. The number of carbonyl (C=O) groups is 2. The molecule has 1 amide bonds. The van der Waals surface area contributed by atoms with E-state index in [9.17, 15) is 9.59 Å². The second kappa shape index (κ2) is 9.64. The van der Waals surface area contributed by atoms with Gasteiger partial charge >= 0.3 is 0 Å². The van der Waals surface area contributed by atoms with Crippen molar-refractivity contribution in [3.63, 3.8) is 0 Å². The van der Waals surface area contributed by atoms with Crippen LogP contribution in [0.15, 0.2) is 72.8 Å². The van der Waals surface area contributed by atoms with E-state index in [1.54, 1.807) is 74.5 Å². The quantitative estimate of drug-likeness (QED) is 0.280. The largest absolute Gasteiger partial charge is 0.478 e. The summed E-state index contributed by atoms with van der Waals surface area (Å²) in [5, 5.41) is 0.573. The summed E-state index contributed by atoms with van der Waals surface area (Å²) in [6.45, 7) is 3.78. The molecule has 31 heavy (non-hydrogen) atoms. The number of anilines is 1. The van der Waals surface area contributed by atoms with Gasteiger partial charge in [0.2, 0.25) is 0 Å². The minimum atomic E-state index is -1.13. The van der Waals surface area contributed by atoms with E-state index >= 15 is 0 Å². The number of hydrogen-bond donors (Lipinski definition) is 3. The predicted octanol–water partition coefficient (Wildman–Crippen LogP) is 4.13. The van der Waals surface area contributed by atoms with Crippen molar-refractivity contribution < 1.29 is 14.3 Å². The van der Waals surface area contributed by atoms with E-state index in [-0.39, 0.29) is 11.7 Å². The third kappa shape index (κ3) is 6.07. The summed E-state index contributed by atoms with van der Waals surface area (Å²) in [5.41, 5.74) is 12.8. The molecule has 6 nitrogen and oxygen atoms in total. The molecule has 3 aromatic carbocycles. The van der Waals surface area contributed by atoms with E-state index in [0.717, 1.165) is 5.56 Å². The monoisotopic (exact) mass is 437 g/mol. The van der Waals surface area contributed by atoms with Crippen LogP contribution in [0.5, 0.6) is 5.75 Å². The average Bonchev–Trinajstić information content (AvgIpc) is 2.75. The van der Waals surface area contributed by atoms with Gasteiger partial charge in [0.25, 0.3) is 5.91 Å². The van der Waals surface area contributed by atoms with Gasteiger partial charge in [-0.15, -0.1) is 0 Å². The molecule has 0 aliphatic heterocycles. The van der Waals surface area contributed by atoms with Crippen LogP contribution in [0.2, 0.25) is 5.02 Å². The summed E-state index contributed by atoms with van der Waals surface area (Å²) in [4.78, 5) is 25.1. The highest BCUT2D eigenvalue weighted by atomic mass is 35.5. The first-order chi connectivity index (χ1) is 14.7. The Hall–Kier alpha value is -3.35. The molecule has 0 aromatic heterocycles. The van der Waals surface area contributed by atoms with E-state index < -0.39 is 5.60 Å². The number of ether oxygens (including phenoxy) is 1. The molecule has 0 spiro atoms. The molecule has 0 saturated carbocycles. The highest BCUT2D eigenvalue weighted by Crippen LogP contribution is 2.21. The molecule has 7 heteroatoms. The summed E-state index contributed by atoms with van der Waals surface area (Å²) in [6, 6.07) is 20.7. The Kier molecular flexibility index (Phi) is 6.95. The van der Waals surface area contributed by atoms with Crippen LogP contribution in [-0.4, -0.2) is 17.3 Å². The van der Waals surface area contributed by atoms with Gasteiger partial charge in [0.15, 0.2) is 11.4 Å². The van der Waals surface area contributed by atoms with Crippen LogP contribution >= 0.6 is 11.6 Å². The fourth-order valence-corrected chi connectivity index (χ4v) is 2.92. The van der Waals surface area contributed by atoms with Crippen LogP contribution in [0.1, 0.15) is 35.3 Å². The Morgan fingerprint density at radius 3 is 2.03 bits per heavy atom. The number of nitrogen functional groups attached to an aromatic ring is 1. The summed E-state index contributed by atoms with van der Waals surface area (Å²) < 4.78 is 5.84. The van der Waals surface area contributed by atoms with Gasteiger partial charge in [0.1, 0.15) is 5.75 Å². The highest BCUT2D eigenvalue weighted by molar-refractivity contribution is 6.30. The predicted molar refractivity (Wildman–Crippen MR) is 122 cm³/mol. The van der Waals surface area contributed by atoms with Gasteiger partial charge in [-0.3, -0.25) is 15.0 Å². The summed E-state index contributed by atoms with van der Waals surface area (Å²) in [6.07, 6.45) is 0. The minimum absolute atomic E-state index is 0.118. The standard InChI is InChI=1S/C24H24ClN3O3/c1-24(2,23(30)28-27-15-16-3-11-20(26)12-4-16)31-21-13-7-18(8-14-21)22(29)17-5-9-19(25)10-6-17/h3-14,27H,15,26H2,1-2H3,(H,28,30). The molecular weight excluding hydrogens is 414 g/mol. The van der Waals surface area contributed by atoms with Gasteiger partial charge in [-0.1, -0.05) is 23.7 Å². The Balaban J connectivity index is 1.56. The van der Waals surface area contributed by atoms with Crippen molar-refractivity contribution in [2.75, 3.05) is 5.73 Å². The van der Waals surface area contributed by atoms with E-state index in [1.807, 2.05) is 12.1 Å². The van der Waals surface area contributed by atoms with Crippen molar-refractivity contribution in [2.24, 2.45) is 0 Å². The first-order valence-electron chi connectivity index (χ1n) is 9.72. The Bertz CT molecular complexity index is 1050. The second-order valence-electron chi connectivity index (χ2n) is 7.52. The van der Waals surface area contributed by atoms with E-state index in [2.05, 4.69) is 10.9 Å². The second-order valence-corrected chi connectivity index (χ2v) is 7.96. The number of carbonyl (C=O) groups excluding carboxylic acids is 2. The molecule has 0 aliphatic rings. The van der Waals surface area contributed by atoms with Crippen LogP contribution in [0.25, 0.3) is 0 Å². The zero-order valence-electron chi connectivity index (χ0n) is 17.3. The fourth-order valence-electron chi connectivity index (χ4n) is 2.80. The third-order valence-corrected chi connectivity index (χ3v) is 4.87. The molecule has 0 radical (unpaired) electrons. The molecule has 3 rings (SSSR count). The van der Waals surface area contributed by atoms with Gasteiger partial charge in [-0.25, -0.2) is 5.43 Å². The summed E-state index contributed by atoms with van der Waals surface area (Å²) in [7, 11) is 0. The van der Waals surface area contributed by atoms with Gasteiger partial charge in [0, 0.05) is 28.4 Å². The van der Waals surface area contributed by atoms with E-state index in [1.165, 1.54) is 0 Å². The molecule has 0 heterocycles. The lowest BCUT2D eigenvalue weighted by Gasteiger charge is -2.25. The third-order valence-electron chi connectivity index (χ3n) is 4.62. The first kappa shape index (κ1) is 22.3. The van der Waals surface area contributed by atoms with Crippen molar-refractivity contribution in [1.29, 1.82) is 0 Å². The van der Waals surface area contributed by atoms with Gasteiger partial charge < -0.3 is 10.5 Å². The summed E-state index contributed by atoms with van der Waals surface area (Å²) in [5.74, 6) is 0.0303. The number of halogens is 1. The molecule has 160 valence electrons. The zero-order valence-corrected chi connectivity index (χ0v) is 18.1. The Labute approximate surface area is 186 Å². The van der Waals surface area contributed by atoms with Crippen molar-refractivity contribution >= 4 is 29.0 Å². The molecule has 0 aliphatic carbocycles. The van der Waals surface area contributed by atoms with E-state index in [0.29, 0.717) is 34.1 Å². The number of nitrogens with two attached hydrogens (primary N) is 1. The van der Waals surface area contributed by atoms with Crippen molar-refractivity contribution in [3.05, 3.63) is 94.5 Å². The number of nitrogens with one attached hydrogen (secondary N) is 2. The highest BCUT2D eigenvalue weighted by Gasteiger charge is 2.30. The fraction of sp³-hybridized carbons (Fsp3) is 0.167. The molecule has 0 unspecified atom stereocenters. The molecule has 0 fully saturated rings. The Morgan fingerprint density at radius 1 is 0.903 bits per heavy atom. The molecule has 0 bridgehead atoms. The molecule has 0 saturated heterocycles. The number of hydrogen-bond acceptors (Lipinski definition) is 5. The number of benzene rings is 3. The average molecular weight is 438 g/mol. The van der Waals surface area contributed by atoms with E-state index in [4.69, 9.17) is 22.1 Å². The Morgan fingerprint density at radius 2 is 1.45 bits per heavy atom. The maximum Gasteiger partial charge on any atom is 0.277 e. The summed E-state index contributed by atoms with van der Waals surface area (Å²) >= 11 is 5.87. The lowest BCUT2D eigenvalue weighted by molar-refractivity contribution is -0.135. The topological polar surface area (TPSA) is 93.5 Å². The number of ketones is 1. The SMILES string of the molecule is CC(C)(Oc1ccc(C(=O)c2ccc(Cl)cc2)cc1)C(=O)NNCc1ccc(N)cc1. The van der Waals surface area contributed by atoms with Gasteiger partial charge in [0.05, 0.1) is 0 Å². The van der Waals surface area contributed by atoms with Crippen LogP contribution in [0, 0.1) is 0 Å². The molecule has 4 N–H and O–H groups in total. The number of rotatable bonds is 8. The smallest absolute Gasteiger partial charge is 0.277 e.